The molecule has 4 nitrogen and oxygen atoms in total. The number of carbonyl (C=O) groups is 1. The van der Waals surface area contributed by atoms with Crippen LogP contribution in [-0.4, -0.2) is 16.1 Å². The predicted octanol–water partition coefficient (Wildman–Crippen LogP) is 1.82. The molecule has 0 aliphatic carbocycles. The van der Waals surface area contributed by atoms with Crippen molar-refractivity contribution in [3.05, 3.63) is 27.5 Å². The second-order valence-corrected chi connectivity index (χ2v) is 3.08. The Hall–Kier alpha value is -0.840. The van der Waals surface area contributed by atoms with Crippen LogP contribution in [-0.2, 0) is 0 Å². The molecule has 0 aliphatic heterocycles. The van der Waals surface area contributed by atoms with E-state index < -0.39 is 5.91 Å². The molecule has 1 amide bonds. The summed E-state index contributed by atoms with van der Waals surface area (Å²) in [6, 6.07) is 0. The van der Waals surface area contributed by atoms with E-state index in [1.165, 1.54) is 11.7 Å². The molecule has 0 saturated carbocycles. The summed E-state index contributed by atoms with van der Waals surface area (Å²) in [4.78, 5) is 14.8. The molecule has 6 heteroatoms. The lowest BCUT2D eigenvalue weighted by atomic mass is 10.2. The van der Waals surface area contributed by atoms with E-state index in [-0.39, 0.29) is 15.6 Å². The van der Waals surface area contributed by atoms with E-state index >= 15 is 0 Å². The normalized spacial score (nSPS) is 9.85. The van der Waals surface area contributed by atoms with Crippen LogP contribution >= 0.6 is 23.2 Å². The molecule has 0 radical (unpaired) electrons. The van der Waals surface area contributed by atoms with Crippen molar-refractivity contribution in [3.8, 4) is 0 Å². The number of carbonyl (C=O) groups excluding carboxylic acids is 1. The van der Waals surface area contributed by atoms with Crippen molar-refractivity contribution in [2.75, 3.05) is 0 Å². The van der Waals surface area contributed by atoms with Gasteiger partial charge in [-0.3, -0.25) is 15.0 Å². The molecule has 0 unspecified atom stereocenters. The zero-order chi connectivity index (χ0) is 10.0. The summed E-state index contributed by atoms with van der Waals surface area (Å²) in [6.45, 7) is 1.66. The summed E-state index contributed by atoms with van der Waals surface area (Å²) >= 11 is 11.5. The minimum atomic E-state index is -0.737. The van der Waals surface area contributed by atoms with Gasteiger partial charge in [-0.15, -0.1) is 0 Å². The highest BCUT2D eigenvalue weighted by Crippen LogP contribution is 2.27. The number of aromatic nitrogens is 1. The number of rotatable bonds is 1. The molecule has 0 aliphatic rings. The average molecular weight is 221 g/mol. The van der Waals surface area contributed by atoms with Gasteiger partial charge in [-0.2, -0.15) is 0 Å². The van der Waals surface area contributed by atoms with E-state index in [4.69, 9.17) is 28.4 Å². The van der Waals surface area contributed by atoms with Gasteiger partial charge in [0.05, 0.1) is 21.3 Å². The van der Waals surface area contributed by atoms with Gasteiger partial charge in [-0.05, 0) is 6.92 Å². The van der Waals surface area contributed by atoms with Crippen LogP contribution in [0.2, 0.25) is 10.0 Å². The monoisotopic (exact) mass is 220 g/mol. The van der Waals surface area contributed by atoms with Crippen LogP contribution in [0.3, 0.4) is 0 Å². The fourth-order valence-corrected chi connectivity index (χ4v) is 1.19. The van der Waals surface area contributed by atoms with E-state index in [0.29, 0.717) is 5.69 Å². The molecule has 13 heavy (non-hydrogen) atoms. The van der Waals surface area contributed by atoms with Gasteiger partial charge >= 0.3 is 0 Å². The maximum Gasteiger partial charge on any atom is 0.277 e. The SMILES string of the molecule is Cc1ncc(C(=O)NO)c(Cl)c1Cl. The summed E-state index contributed by atoms with van der Waals surface area (Å²) in [5.41, 5.74) is 2.02. The molecule has 1 aromatic rings. The number of aryl methyl sites for hydroxylation is 1. The number of pyridine rings is 1. The van der Waals surface area contributed by atoms with Crippen molar-refractivity contribution in [1.82, 2.24) is 10.5 Å². The van der Waals surface area contributed by atoms with Crippen molar-refractivity contribution in [1.29, 1.82) is 0 Å². The fourth-order valence-electron chi connectivity index (χ4n) is 0.770. The van der Waals surface area contributed by atoms with E-state index in [2.05, 4.69) is 4.98 Å². The van der Waals surface area contributed by atoms with Crippen LogP contribution in [0.4, 0.5) is 0 Å². The Labute approximate surface area is 84.4 Å². The highest BCUT2D eigenvalue weighted by atomic mass is 35.5. The zero-order valence-corrected chi connectivity index (χ0v) is 8.15. The highest BCUT2D eigenvalue weighted by Gasteiger charge is 2.14. The molecule has 0 spiro atoms. The number of nitrogens with one attached hydrogen (secondary N) is 1. The molecule has 0 saturated heterocycles. The third-order valence-corrected chi connectivity index (χ3v) is 2.43. The summed E-state index contributed by atoms with van der Waals surface area (Å²) in [7, 11) is 0. The second kappa shape index (κ2) is 3.91. The van der Waals surface area contributed by atoms with Gasteiger partial charge < -0.3 is 0 Å². The molecule has 1 rings (SSSR count). The Balaban J connectivity index is 3.26. The Bertz CT molecular complexity index is 355. The van der Waals surface area contributed by atoms with Crippen molar-refractivity contribution in [2.24, 2.45) is 0 Å². The Kier molecular flexibility index (Phi) is 3.08. The number of hydrogen-bond donors (Lipinski definition) is 2. The molecule has 0 fully saturated rings. The van der Waals surface area contributed by atoms with Gasteiger partial charge in [0.15, 0.2) is 0 Å². The lowest BCUT2D eigenvalue weighted by Gasteiger charge is -2.04. The Morgan fingerprint density at radius 1 is 1.54 bits per heavy atom. The first-order chi connectivity index (χ1) is 6.07. The molecule has 2 N–H and O–H groups in total. The molecule has 0 atom stereocenters. The molecule has 70 valence electrons. The fraction of sp³-hybridized carbons (Fsp3) is 0.143. The largest absolute Gasteiger partial charge is 0.288 e. The summed E-state index contributed by atoms with van der Waals surface area (Å²) < 4.78 is 0. The first-order valence-electron chi connectivity index (χ1n) is 3.33. The Morgan fingerprint density at radius 2 is 2.15 bits per heavy atom. The van der Waals surface area contributed by atoms with Crippen LogP contribution in [0.5, 0.6) is 0 Å². The summed E-state index contributed by atoms with van der Waals surface area (Å²) in [5, 5.41) is 8.64. The van der Waals surface area contributed by atoms with Crippen molar-refractivity contribution >= 4 is 29.1 Å². The van der Waals surface area contributed by atoms with Gasteiger partial charge in [0.1, 0.15) is 0 Å². The van der Waals surface area contributed by atoms with E-state index in [0.717, 1.165) is 0 Å². The maximum absolute atomic E-state index is 11.0. The Morgan fingerprint density at radius 3 is 2.69 bits per heavy atom. The highest BCUT2D eigenvalue weighted by molar-refractivity contribution is 6.44. The van der Waals surface area contributed by atoms with Crippen LogP contribution < -0.4 is 5.48 Å². The van der Waals surface area contributed by atoms with Gasteiger partial charge in [-0.25, -0.2) is 5.48 Å². The predicted molar refractivity (Wildman–Crippen MR) is 48.2 cm³/mol. The zero-order valence-electron chi connectivity index (χ0n) is 6.64. The van der Waals surface area contributed by atoms with E-state index in [1.807, 2.05) is 0 Å². The molecule has 0 aromatic carbocycles. The minimum Gasteiger partial charge on any atom is -0.288 e. The van der Waals surface area contributed by atoms with Gasteiger partial charge in [0, 0.05) is 6.20 Å². The van der Waals surface area contributed by atoms with E-state index in [1.54, 1.807) is 6.92 Å². The number of hydrogen-bond acceptors (Lipinski definition) is 3. The maximum atomic E-state index is 11.0. The van der Waals surface area contributed by atoms with Crippen LogP contribution in [0.1, 0.15) is 16.1 Å². The third kappa shape index (κ3) is 1.91. The van der Waals surface area contributed by atoms with Crippen molar-refractivity contribution < 1.29 is 10.0 Å². The number of nitrogens with zero attached hydrogens (tertiary/aromatic N) is 1. The van der Waals surface area contributed by atoms with Crippen LogP contribution in [0.15, 0.2) is 6.20 Å². The average Bonchev–Trinajstić information content (AvgIpc) is 2.13. The lowest BCUT2D eigenvalue weighted by Crippen LogP contribution is -2.19. The first-order valence-corrected chi connectivity index (χ1v) is 4.08. The van der Waals surface area contributed by atoms with Crippen molar-refractivity contribution in [2.45, 2.75) is 6.92 Å². The van der Waals surface area contributed by atoms with Crippen molar-refractivity contribution in [3.63, 3.8) is 0 Å². The number of hydroxylamine groups is 1. The molecule has 1 heterocycles. The quantitative estimate of drug-likeness (QED) is 0.561. The third-order valence-electron chi connectivity index (χ3n) is 1.48. The molecule has 1 aromatic heterocycles. The lowest BCUT2D eigenvalue weighted by molar-refractivity contribution is 0.0706. The van der Waals surface area contributed by atoms with Crippen LogP contribution in [0.25, 0.3) is 0 Å². The summed E-state index contributed by atoms with van der Waals surface area (Å²) in [6.07, 6.45) is 1.25. The molecule has 0 bridgehead atoms. The smallest absolute Gasteiger partial charge is 0.277 e. The number of amides is 1. The van der Waals surface area contributed by atoms with Crippen LogP contribution in [0, 0.1) is 6.92 Å². The standard InChI is InChI=1S/C7H6Cl2N2O2/c1-3-5(8)6(9)4(2-10-3)7(12)11-13/h2,13H,1H3,(H,11,12). The van der Waals surface area contributed by atoms with E-state index in [9.17, 15) is 4.79 Å². The summed E-state index contributed by atoms with van der Waals surface area (Å²) in [5.74, 6) is -0.737. The second-order valence-electron chi connectivity index (χ2n) is 2.33. The molecular formula is C7H6Cl2N2O2. The van der Waals surface area contributed by atoms with Gasteiger partial charge in [0.25, 0.3) is 5.91 Å². The topological polar surface area (TPSA) is 62.2 Å². The minimum absolute atomic E-state index is 0.0415. The van der Waals surface area contributed by atoms with Gasteiger partial charge in [0.2, 0.25) is 0 Å². The molecular weight excluding hydrogens is 215 g/mol. The number of halogens is 2. The van der Waals surface area contributed by atoms with Gasteiger partial charge in [-0.1, -0.05) is 23.2 Å². The first kappa shape index (κ1) is 10.2.